The van der Waals surface area contributed by atoms with Gasteiger partial charge in [-0.1, -0.05) is 22.3 Å². The zero-order valence-electron chi connectivity index (χ0n) is 11.6. The van der Waals surface area contributed by atoms with E-state index in [2.05, 4.69) is 15.5 Å². The van der Waals surface area contributed by atoms with E-state index in [1.165, 1.54) is 6.39 Å². The highest BCUT2D eigenvalue weighted by Gasteiger charge is 2.36. The summed E-state index contributed by atoms with van der Waals surface area (Å²) in [7, 11) is 0. The monoisotopic (exact) mass is 271 g/mol. The van der Waals surface area contributed by atoms with E-state index in [-0.39, 0.29) is 11.9 Å². The Bertz CT molecular complexity index is 598. The summed E-state index contributed by atoms with van der Waals surface area (Å²) in [6.45, 7) is 3.97. The first-order valence-corrected chi connectivity index (χ1v) is 6.79. The van der Waals surface area contributed by atoms with Crippen LogP contribution < -0.4 is 5.32 Å². The van der Waals surface area contributed by atoms with Crippen molar-refractivity contribution in [1.82, 2.24) is 15.5 Å². The Kier molecular flexibility index (Phi) is 3.26. The number of carbonyl (C=O) groups excluding carboxylic acids is 1. The Morgan fingerprint density at radius 2 is 2.00 bits per heavy atom. The van der Waals surface area contributed by atoms with E-state index in [1.54, 1.807) is 0 Å². The largest absolute Gasteiger partial charge is 0.343 e. The topological polar surface area (TPSA) is 68.0 Å². The average Bonchev–Trinajstić information content (AvgIpc) is 3.09. The highest BCUT2D eigenvalue weighted by molar-refractivity contribution is 5.94. The Morgan fingerprint density at radius 3 is 2.55 bits per heavy atom. The van der Waals surface area contributed by atoms with Crippen molar-refractivity contribution >= 4 is 5.91 Å². The maximum atomic E-state index is 12.4. The molecule has 0 bridgehead atoms. The van der Waals surface area contributed by atoms with E-state index in [1.807, 2.05) is 32.0 Å². The van der Waals surface area contributed by atoms with Crippen molar-refractivity contribution in [3.8, 4) is 0 Å². The van der Waals surface area contributed by atoms with Crippen molar-refractivity contribution in [2.24, 2.45) is 5.92 Å². The van der Waals surface area contributed by atoms with Crippen LogP contribution in [0.15, 0.2) is 29.1 Å². The second kappa shape index (κ2) is 5.07. The van der Waals surface area contributed by atoms with Gasteiger partial charge in [-0.2, -0.15) is 4.98 Å². The highest BCUT2D eigenvalue weighted by Crippen LogP contribution is 2.40. The van der Waals surface area contributed by atoms with Crippen molar-refractivity contribution in [3.05, 3.63) is 47.1 Å². The quantitative estimate of drug-likeness (QED) is 0.928. The van der Waals surface area contributed by atoms with E-state index in [0.29, 0.717) is 17.3 Å². The molecule has 1 saturated carbocycles. The number of rotatable bonds is 4. The Labute approximate surface area is 117 Å². The lowest BCUT2D eigenvalue weighted by Crippen LogP contribution is -2.30. The third-order valence-electron chi connectivity index (χ3n) is 3.52. The van der Waals surface area contributed by atoms with Crippen molar-refractivity contribution in [2.45, 2.75) is 32.7 Å². The molecular weight excluding hydrogens is 254 g/mol. The summed E-state index contributed by atoms with van der Waals surface area (Å²) >= 11 is 0. The van der Waals surface area contributed by atoms with Gasteiger partial charge in [0.25, 0.3) is 5.91 Å². The van der Waals surface area contributed by atoms with Gasteiger partial charge in [-0.25, -0.2) is 0 Å². The standard InChI is InChI=1S/C15H17N3O2/c1-9-5-10(2)7-12(6-9)15(19)17-13(11-3-4-11)14-16-8-20-18-14/h5-8,11,13H,3-4H2,1-2H3,(H,17,19). The highest BCUT2D eigenvalue weighted by atomic mass is 16.5. The lowest BCUT2D eigenvalue weighted by Gasteiger charge is -2.15. The van der Waals surface area contributed by atoms with Crippen LogP contribution in [0.5, 0.6) is 0 Å². The second-order valence-electron chi connectivity index (χ2n) is 5.45. The molecule has 104 valence electrons. The van der Waals surface area contributed by atoms with Crippen LogP contribution in [0.2, 0.25) is 0 Å². The smallest absolute Gasteiger partial charge is 0.251 e. The van der Waals surface area contributed by atoms with Gasteiger partial charge in [-0.3, -0.25) is 4.79 Å². The average molecular weight is 271 g/mol. The van der Waals surface area contributed by atoms with Crippen molar-refractivity contribution < 1.29 is 9.32 Å². The van der Waals surface area contributed by atoms with E-state index in [0.717, 1.165) is 24.0 Å². The summed E-state index contributed by atoms with van der Waals surface area (Å²) in [6.07, 6.45) is 3.48. The summed E-state index contributed by atoms with van der Waals surface area (Å²) < 4.78 is 4.79. The van der Waals surface area contributed by atoms with Gasteiger partial charge in [0, 0.05) is 5.56 Å². The molecule has 0 aliphatic heterocycles. The minimum absolute atomic E-state index is 0.0847. The van der Waals surface area contributed by atoms with Crippen molar-refractivity contribution in [1.29, 1.82) is 0 Å². The molecule has 1 amide bonds. The van der Waals surface area contributed by atoms with Gasteiger partial charge in [0.15, 0.2) is 5.82 Å². The minimum Gasteiger partial charge on any atom is -0.343 e. The minimum atomic E-state index is -0.151. The second-order valence-corrected chi connectivity index (χ2v) is 5.45. The Morgan fingerprint density at radius 1 is 1.30 bits per heavy atom. The van der Waals surface area contributed by atoms with Gasteiger partial charge >= 0.3 is 0 Å². The fourth-order valence-electron chi connectivity index (χ4n) is 2.47. The van der Waals surface area contributed by atoms with Crippen LogP contribution in [0.25, 0.3) is 0 Å². The predicted molar refractivity (Wildman–Crippen MR) is 73.1 cm³/mol. The van der Waals surface area contributed by atoms with Crippen LogP contribution in [0, 0.1) is 19.8 Å². The maximum absolute atomic E-state index is 12.4. The number of carbonyl (C=O) groups is 1. The fourth-order valence-corrected chi connectivity index (χ4v) is 2.47. The Hall–Kier alpha value is -2.17. The normalized spacial score (nSPS) is 15.9. The third kappa shape index (κ3) is 2.71. The van der Waals surface area contributed by atoms with E-state index in [4.69, 9.17) is 4.52 Å². The zero-order valence-corrected chi connectivity index (χ0v) is 11.6. The number of nitrogens with one attached hydrogen (secondary N) is 1. The molecule has 5 nitrogen and oxygen atoms in total. The summed E-state index contributed by atoms with van der Waals surface area (Å²) in [5.74, 6) is 0.895. The van der Waals surface area contributed by atoms with Gasteiger partial charge in [0.2, 0.25) is 6.39 Å². The molecular formula is C15H17N3O2. The van der Waals surface area contributed by atoms with Gasteiger partial charge < -0.3 is 9.84 Å². The van der Waals surface area contributed by atoms with Crippen LogP contribution in [-0.2, 0) is 0 Å². The van der Waals surface area contributed by atoms with Gasteiger partial charge in [0.05, 0.1) is 6.04 Å². The number of hydrogen-bond donors (Lipinski definition) is 1. The summed E-state index contributed by atoms with van der Waals surface area (Å²) in [6, 6.07) is 5.68. The fraction of sp³-hybridized carbons (Fsp3) is 0.400. The van der Waals surface area contributed by atoms with E-state index < -0.39 is 0 Å². The first-order valence-electron chi connectivity index (χ1n) is 6.79. The first kappa shape index (κ1) is 12.8. The number of amides is 1. The van der Waals surface area contributed by atoms with Crippen molar-refractivity contribution in [3.63, 3.8) is 0 Å². The van der Waals surface area contributed by atoms with Crippen LogP contribution in [0.4, 0.5) is 0 Å². The molecule has 0 saturated heterocycles. The van der Waals surface area contributed by atoms with Crippen LogP contribution in [0.3, 0.4) is 0 Å². The Balaban J connectivity index is 1.80. The van der Waals surface area contributed by atoms with Gasteiger partial charge in [-0.15, -0.1) is 0 Å². The third-order valence-corrected chi connectivity index (χ3v) is 3.52. The summed E-state index contributed by atoms with van der Waals surface area (Å²) in [5, 5.41) is 6.89. The van der Waals surface area contributed by atoms with Gasteiger partial charge in [0.1, 0.15) is 0 Å². The molecule has 0 spiro atoms. The molecule has 1 fully saturated rings. The summed E-state index contributed by atoms with van der Waals surface area (Å²) in [5.41, 5.74) is 2.84. The molecule has 5 heteroatoms. The lowest BCUT2D eigenvalue weighted by molar-refractivity contribution is 0.0929. The summed E-state index contributed by atoms with van der Waals surface area (Å²) in [4.78, 5) is 16.5. The molecule has 1 aliphatic rings. The molecule has 1 aliphatic carbocycles. The molecule has 2 aromatic rings. The van der Waals surface area contributed by atoms with E-state index >= 15 is 0 Å². The maximum Gasteiger partial charge on any atom is 0.251 e. The molecule has 1 unspecified atom stereocenters. The zero-order chi connectivity index (χ0) is 14.1. The van der Waals surface area contributed by atoms with Gasteiger partial charge in [-0.05, 0) is 44.7 Å². The molecule has 1 N–H and O–H groups in total. The molecule has 1 heterocycles. The van der Waals surface area contributed by atoms with E-state index in [9.17, 15) is 4.79 Å². The number of nitrogens with zero attached hydrogens (tertiary/aromatic N) is 2. The number of benzene rings is 1. The molecule has 20 heavy (non-hydrogen) atoms. The number of aromatic nitrogens is 2. The van der Waals surface area contributed by atoms with Crippen LogP contribution in [-0.4, -0.2) is 16.0 Å². The molecule has 0 radical (unpaired) electrons. The molecule has 1 aromatic carbocycles. The van der Waals surface area contributed by atoms with Crippen LogP contribution >= 0.6 is 0 Å². The number of hydrogen-bond acceptors (Lipinski definition) is 4. The van der Waals surface area contributed by atoms with Crippen LogP contribution in [0.1, 0.15) is 46.2 Å². The number of aryl methyl sites for hydroxylation is 2. The SMILES string of the molecule is Cc1cc(C)cc(C(=O)NC(c2ncon2)C2CC2)c1. The lowest BCUT2D eigenvalue weighted by atomic mass is 10.1. The predicted octanol–water partition coefficient (Wildman–Crippen LogP) is 2.57. The molecule has 3 rings (SSSR count). The first-order chi connectivity index (χ1) is 9.63. The molecule has 1 aromatic heterocycles. The molecule has 1 atom stereocenters. The van der Waals surface area contributed by atoms with Crippen molar-refractivity contribution in [2.75, 3.05) is 0 Å².